The van der Waals surface area contributed by atoms with E-state index >= 15 is 0 Å². The SMILES string of the molecule is CCNC(=O)CCNC(=O)N1CCN(CC)CC1. The van der Waals surface area contributed by atoms with Crippen LogP contribution in [0.3, 0.4) is 0 Å². The quantitative estimate of drug-likeness (QED) is 0.719. The van der Waals surface area contributed by atoms with Gasteiger partial charge in [-0.1, -0.05) is 6.92 Å². The molecule has 6 heteroatoms. The summed E-state index contributed by atoms with van der Waals surface area (Å²) >= 11 is 0. The molecule has 1 aliphatic heterocycles. The summed E-state index contributed by atoms with van der Waals surface area (Å²) in [5, 5.41) is 5.48. The number of piperazine rings is 1. The molecule has 1 fully saturated rings. The highest BCUT2D eigenvalue weighted by Gasteiger charge is 2.19. The Balaban J connectivity index is 2.15. The molecule has 0 unspecified atom stereocenters. The fraction of sp³-hybridized carbons (Fsp3) is 0.833. The van der Waals surface area contributed by atoms with Crippen LogP contribution in [-0.4, -0.2) is 67.6 Å². The van der Waals surface area contributed by atoms with Crippen LogP contribution in [-0.2, 0) is 4.79 Å². The van der Waals surface area contributed by atoms with Crippen LogP contribution in [0.15, 0.2) is 0 Å². The summed E-state index contributed by atoms with van der Waals surface area (Å²) < 4.78 is 0. The number of carbonyl (C=O) groups is 2. The second-order valence-corrected chi connectivity index (χ2v) is 4.36. The summed E-state index contributed by atoms with van der Waals surface area (Å²) in [4.78, 5) is 27.1. The van der Waals surface area contributed by atoms with E-state index in [4.69, 9.17) is 0 Å². The summed E-state index contributed by atoms with van der Waals surface area (Å²) in [6.07, 6.45) is 0.342. The van der Waals surface area contributed by atoms with Crippen molar-refractivity contribution in [2.75, 3.05) is 45.8 Å². The average molecular weight is 256 g/mol. The number of hydrogen-bond acceptors (Lipinski definition) is 3. The normalized spacial score (nSPS) is 16.4. The fourth-order valence-electron chi connectivity index (χ4n) is 1.95. The van der Waals surface area contributed by atoms with Gasteiger partial charge in [-0.15, -0.1) is 0 Å². The van der Waals surface area contributed by atoms with Gasteiger partial charge in [-0.3, -0.25) is 4.79 Å². The number of hydrogen-bond donors (Lipinski definition) is 2. The van der Waals surface area contributed by atoms with E-state index in [-0.39, 0.29) is 11.9 Å². The number of carbonyl (C=O) groups excluding carboxylic acids is 2. The minimum atomic E-state index is -0.0601. The van der Waals surface area contributed by atoms with Crippen molar-refractivity contribution in [3.05, 3.63) is 0 Å². The van der Waals surface area contributed by atoms with E-state index in [0.717, 1.165) is 32.7 Å². The summed E-state index contributed by atoms with van der Waals surface area (Å²) in [6, 6.07) is -0.0601. The Morgan fingerprint density at radius 2 is 1.72 bits per heavy atom. The molecule has 1 aliphatic rings. The molecule has 104 valence electrons. The van der Waals surface area contributed by atoms with Crippen LogP contribution >= 0.6 is 0 Å². The van der Waals surface area contributed by atoms with Crippen molar-refractivity contribution in [1.82, 2.24) is 20.4 Å². The van der Waals surface area contributed by atoms with Gasteiger partial charge in [-0.25, -0.2) is 4.79 Å². The van der Waals surface area contributed by atoms with Gasteiger partial charge in [0, 0.05) is 45.7 Å². The summed E-state index contributed by atoms with van der Waals surface area (Å²) in [5.74, 6) is -0.0198. The number of rotatable bonds is 5. The van der Waals surface area contributed by atoms with Crippen LogP contribution in [0.2, 0.25) is 0 Å². The van der Waals surface area contributed by atoms with E-state index in [0.29, 0.717) is 19.5 Å². The lowest BCUT2D eigenvalue weighted by atomic mass is 10.3. The van der Waals surface area contributed by atoms with Crippen LogP contribution in [0.5, 0.6) is 0 Å². The minimum absolute atomic E-state index is 0.0198. The number of nitrogens with one attached hydrogen (secondary N) is 2. The van der Waals surface area contributed by atoms with E-state index in [2.05, 4.69) is 22.5 Å². The van der Waals surface area contributed by atoms with E-state index in [1.165, 1.54) is 0 Å². The lowest BCUT2D eigenvalue weighted by molar-refractivity contribution is -0.120. The summed E-state index contributed by atoms with van der Waals surface area (Å²) in [5.41, 5.74) is 0. The molecule has 1 rings (SSSR count). The van der Waals surface area contributed by atoms with Crippen molar-refractivity contribution in [2.24, 2.45) is 0 Å². The van der Waals surface area contributed by atoms with Crippen molar-refractivity contribution in [2.45, 2.75) is 20.3 Å². The number of nitrogens with zero attached hydrogens (tertiary/aromatic N) is 2. The van der Waals surface area contributed by atoms with Gasteiger partial charge in [0.05, 0.1) is 0 Å². The first-order valence-electron chi connectivity index (χ1n) is 6.69. The van der Waals surface area contributed by atoms with E-state index in [9.17, 15) is 9.59 Å². The molecular formula is C12H24N4O2. The Morgan fingerprint density at radius 3 is 2.28 bits per heavy atom. The Morgan fingerprint density at radius 1 is 1.06 bits per heavy atom. The topological polar surface area (TPSA) is 64.7 Å². The average Bonchev–Trinajstić information content (AvgIpc) is 2.39. The van der Waals surface area contributed by atoms with Crippen molar-refractivity contribution in [3.63, 3.8) is 0 Å². The molecule has 1 saturated heterocycles. The second kappa shape index (κ2) is 7.92. The van der Waals surface area contributed by atoms with Crippen LogP contribution in [0, 0.1) is 0 Å². The first-order chi connectivity index (χ1) is 8.67. The van der Waals surface area contributed by atoms with E-state index < -0.39 is 0 Å². The van der Waals surface area contributed by atoms with Gasteiger partial charge in [-0.05, 0) is 13.5 Å². The predicted octanol–water partition coefficient (Wildman–Crippen LogP) is -0.140. The molecule has 3 amide bonds. The van der Waals surface area contributed by atoms with Crippen molar-refractivity contribution >= 4 is 11.9 Å². The molecule has 6 nitrogen and oxygen atoms in total. The lowest BCUT2D eigenvalue weighted by Gasteiger charge is -2.33. The zero-order chi connectivity index (χ0) is 13.4. The molecule has 1 heterocycles. The Bertz CT molecular complexity index is 275. The maximum Gasteiger partial charge on any atom is 0.317 e. The van der Waals surface area contributed by atoms with Gasteiger partial charge < -0.3 is 20.4 Å². The standard InChI is InChI=1S/C12H24N4O2/c1-3-13-11(17)5-6-14-12(18)16-9-7-15(4-2)8-10-16/h3-10H2,1-2H3,(H,13,17)(H,14,18). The highest BCUT2D eigenvalue weighted by atomic mass is 16.2. The Hall–Kier alpha value is -1.30. The molecule has 0 aromatic heterocycles. The minimum Gasteiger partial charge on any atom is -0.356 e. The van der Waals surface area contributed by atoms with Crippen LogP contribution in [0.25, 0.3) is 0 Å². The molecular weight excluding hydrogens is 232 g/mol. The third-order valence-electron chi connectivity index (χ3n) is 3.11. The molecule has 18 heavy (non-hydrogen) atoms. The molecule has 0 aromatic carbocycles. The highest BCUT2D eigenvalue weighted by molar-refractivity contribution is 5.78. The first kappa shape index (κ1) is 14.8. The van der Waals surface area contributed by atoms with Crippen LogP contribution in [0.4, 0.5) is 4.79 Å². The van der Waals surface area contributed by atoms with Crippen LogP contribution < -0.4 is 10.6 Å². The monoisotopic (exact) mass is 256 g/mol. The summed E-state index contributed by atoms with van der Waals surface area (Å²) in [6.45, 7) is 9.46. The van der Waals surface area contributed by atoms with Gasteiger partial charge in [0.25, 0.3) is 0 Å². The molecule has 0 bridgehead atoms. The van der Waals surface area contributed by atoms with Gasteiger partial charge in [0.2, 0.25) is 5.91 Å². The smallest absolute Gasteiger partial charge is 0.317 e. The second-order valence-electron chi connectivity index (χ2n) is 4.36. The van der Waals surface area contributed by atoms with Gasteiger partial charge in [0.1, 0.15) is 0 Å². The molecule has 0 atom stereocenters. The van der Waals surface area contributed by atoms with Crippen molar-refractivity contribution in [1.29, 1.82) is 0 Å². The number of amides is 3. The highest BCUT2D eigenvalue weighted by Crippen LogP contribution is 2.01. The number of urea groups is 1. The Labute approximate surface area is 109 Å². The molecule has 2 N–H and O–H groups in total. The van der Waals surface area contributed by atoms with Gasteiger partial charge in [0.15, 0.2) is 0 Å². The largest absolute Gasteiger partial charge is 0.356 e. The Kier molecular flexibility index (Phi) is 6.49. The van der Waals surface area contributed by atoms with Crippen LogP contribution in [0.1, 0.15) is 20.3 Å². The fourth-order valence-corrected chi connectivity index (χ4v) is 1.95. The maximum absolute atomic E-state index is 11.8. The molecule has 0 radical (unpaired) electrons. The third kappa shape index (κ3) is 4.91. The zero-order valence-corrected chi connectivity index (χ0v) is 11.4. The maximum atomic E-state index is 11.8. The first-order valence-corrected chi connectivity index (χ1v) is 6.69. The lowest BCUT2D eigenvalue weighted by Crippen LogP contribution is -2.51. The van der Waals surface area contributed by atoms with Crippen molar-refractivity contribution in [3.8, 4) is 0 Å². The van der Waals surface area contributed by atoms with Gasteiger partial charge >= 0.3 is 6.03 Å². The predicted molar refractivity (Wildman–Crippen MR) is 70.4 cm³/mol. The van der Waals surface area contributed by atoms with E-state index in [1.807, 2.05) is 11.8 Å². The molecule has 0 aliphatic carbocycles. The molecule has 0 aromatic rings. The molecule has 0 saturated carbocycles. The zero-order valence-electron chi connectivity index (χ0n) is 11.4. The summed E-state index contributed by atoms with van der Waals surface area (Å²) in [7, 11) is 0. The van der Waals surface area contributed by atoms with E-state index in [1.54, 1.807) is 0 Å². The molecule has 0 spiro atoms. The number of likely N-dealkylation sites (N-methyl/N-ethyl adjacent to an activating group) is 1. The van der Waals surface area contributed by atoms with Crippen molar-refractivity contribution < 1.29 is 9.59 Å². The van der Waals surface area contributed by atoms with Gasteiger partial charge in [-0.2, -0.15) is 0 Å². The third-order valence-corrected chi connectivity index (χ3v) is 3.11.